The van der Waals surface area contributed by atoms with E-state index in [0.717, 1.165) is 73.2 Å². The maximum absolute atomic E-state index is 13.3. The molecule has 0 radical (unpaired) electrons. The molecule has 1 saturated heterocycles. The average Bonchev–Trinajstić information content (AvgIpc) is 3.58. The molecule has 6 rings (SSSR count). The van der Waals surface area contributed by atoms with Gasteiger partial charge in [-0.3, -0.25) is 4.79 Å². The minimum Gasteiger partial charge on any atom is -0.495 e. The van der Waals surface area contributed by atoms with Crippen LogP contribution in [0.5, 0.6) is 5.75 Å². The highest BCUT2D eigenvalue weighted by atomic mass is 32.1. The van der Waals surface area contributed by atoms with Gasteiger partial charge >= 0.3 is 0 Å². The molecule has 1 aliphatic rings. The SMILES string of the molecule is COc1cccc2c(C(=O)NCc3cccc(C)c3)cn(CCCN3CCC(c4nc5ccccc5s4)CC3)c12. The summed E-state index contributed by atoms with van der Waals surface area (Å²) in [7, 11) is 1.69. The van der Waals surface area contributed by atoms with Gasteiger partial charge in [-0.15, -0.1) is 11.3 Å². The van der Waals surface area contributed by atoms with Crippen molar-refractivity contribution in [2.24, 2.45) is 0 Å². The van der Waals surface area contributed by atoms with Crippen molar-refractivity contribution >= 4 is 38.4 Å². The molecule has 3 aromatic carbocycles. The summed E-state index contributed by atoms with van der Waals surface area (Å²) < 4.78 is 9.20. The molecule has 0 spiro atoms. The number of hydrogen-bond acceptors (Lipinski definition) is 5. The van der Waals surface area contributed by atoms with Crippen LogP contribution in [0.1, 0.15) is 51.7 Å². The summed E-state index contributed by atoms with van der Waals surface area (Å²) >= 11 is 1.85. The molecule has 0 atom stereocenters. The number of carbonyl (C=O) groups is 1. The third kappa shape index (κ3) is 5.62. The van der Waals surface area contributed by atoms with E-state index in [4.69, 9.17) is 9.72 Å². The Kier molecular flexibility index (Phi) is 7.84. The first-order valence-electron chi connectivity index (χ1n) is 14.2. The van der Waals surface area contributed by atoms with E-state index >= 15 is 0 Å². The largest absolute Gasteiger partial charge is 0.495 e. The van der Waals surface area contributed by atoms with E-state index in [1.54, 1.807) is 7.11 Å². The minimum atomic E-state index is -0.0598. The molecule has 0 aliphatic carbocycles. The molecule has 2 aromatic heterocycles. The maximum Gasteiger partial charge on any atom is 0.253 e. The number of carbonyl (C=O) groups excluding carboxylic acids is 1. The molecule has 7 heteroatoms. The lowest BCUT2D eigenvalue weighted by atomic mass is 9.97. The van der Waals surface area contributed by atoms with Crippen LogP contribution in [0, 0.1) is 6.92 Å². The van der Waals surface area contributed by atoms with Crippen LogP contribution < -0.4 is 10.1 Å². The van der Waals surface area contributed by atoms with E-state index in [1.165, 1.54) is 15.3 Å². The highest BCUT2D eigenvalue weighted by Gasteiger charge is 2.23. The minimum absolute atomic E-state index is 0.0598. The smallest absolute Gasteiger partial charge is 0.253 e. The van der Waals surface area contributed by atoms with Gasteiger partial charge in [0.2, 0.25) is 0 Å². The second-order valence-corrected chi connectivity index (χ2v) is 11.8. The van der Waals surface area contributed by atoms with E-state index in [-0.39, 0.29) is 5.91 Å². The second kappa shape index (κ2) is 11.8. The lowest BCUT2D eigenvalue weighted by molar-refractivity contribution is 0.0952. The summed E-state index contributed by atoms with van der Waals surface area (Å²) in [5, 5.41) is 5.33. The normalized spacial score (nSPS) is 14.7. The predicted octanol–water partition coefficient (Wildman–Crippen LogP) is 6.77. The van der Waals surface area contributed by atoms with Gasteiger partial charge in [-0.1, -0.05) is 54.1 Å². The number of nitrogens with zero attached hydrogens (tertiary/aromatic N) is 3. The van der Waals surface area contributed by atoms with Gasteiger partial charge < -0.3 is 19.5 Å². The first-order chi connectivity index (χ1) is 19.6. The zero-order valence-corrected chi connectivity index (χ0v) is 24.0. The van der Waals surface area contributed by atoms with E-state index in [2.05, 4.69) is 58.1 Å². The van der Waals surface area contributed by atoms with Crippen molar-refractivity contribution in [1.82, 2.24) is 19.8 Å². The van der Waals surface area contributed by atoms with Crippen molar-refractivity contribution in [3.05, 3.63) is 94.6 Å². The summed E-state index contributed by atoms with van der Waals surface area (Å²) in [5.74, 6) is 1.30. The number of rotatable bonds is 9. The number of para-hydroxylation sites is 2. The fourth-order valence-electron chi connectivity index (χ4n) is 5.88. The fraction of sp³-hybridized carbons (Fsp3) is 0.333. The number of ether oxygens (including phenoxy) is 1. The monoisotopic (exact) mass is 552 g/mol. The zero-order chi connectivity index (χ0) is 27.5. The Labute approximate surface area is 239 Å². The van der Waals surface area contributed by atoms with Crippen molar-refractivity contribution in [1.29, 1.82) is 0 Å². The Balaban J connectivity index is 1.09. The van der Waals surface area contributed by atoms with Crippen molar-refractivity contribution in [2.75, 3.05) is 26.7 Å². The summed E-state index contributed by atoms with van der Waals surface area (Å²) in [4.78, 5) is 20.8. The van der Waals surface area contributed by atoms with Gasteiger partial charge in [-0.2, -0.15) is 0 Å². The summed E-state index contributed by atoms with van der Waals surface area (Å²) in [5.41, 5.74) is 5.09. The molecule has 1 amide bonds. The molecule has 40 heavy (non-hydrogen) atoms. The van der Waals surface area contributed by atoms with Crippen LogP contribution in [-0.4, -0.2) is 47.1 Å². The summed E-state index contributed by atoms with van der Waals surface area (Å²) in [6, 6.07) is 22.6. The van der Waals surface area contributed by atoms with Gasteiger partial charge in [0.25, 0.3) is 5.91 Å². The molecule has 5 aromatic rings. The summed E-state index contributed by atoms with van der Waals surface area (Å²) in [6.45, 7) is 6.64. The fourth-order valence-corrected chi connectivity index (χ4v) is 7.02. The Hall–Kier alpha value is -3.68. The molecule has 0 saturated carbocycles. The van der Waals surface area contributed by atoms with Gasteiger partial charge in [0, 0.05) is 30.6 Å². The van der Waals surface area contributed by atoms with Gasteiger partial charge in [-0.05, 0) is 69.6 Å². The Morgan fingerprint density at radius 3 is 2.67 bits per heavy atom. The van der Waals surface area contributed by atoms with Crippen LogP contribution in [0.15, 0.2) is 72.9 Å². The number of likely N-dealkylation sites (tertiary alicyclic amines) is 1. The molecule has 3 heterocycles. The average molecular weight is 553 g/mol. The number of aryl methyl sites for hydroxylation is 2. The van der Waals surface area contributed by atoms with Crippen molar-refractivity contribution in [3.63, 3.8) is 0 Å². The number of amides is 1. The van der Waals surface area contributed by atoms with Crippen molar-refractivity contribution < 1.29 is 9.53 Å². The van der Waals surface area contributed by atoms with Crippen LogP contribution in [-0.2, 0) is 13.1 Å². The highest BCUT2D eigenvalue weighted by Crippen LogP contribution is 2.34. The number of fused-ring (bicyclic) bond motifs is 2. The molecule has 1 fully saturated rings. The first-order valence-corrected chi connectivity index (χ1v) is 15.0. The quantitative estimate of drug-likeness (QED) is 0.219. The lowest BCUT2D eigenvalue weighted by Crippen LogP contribution is -2.34. The second-order valence-electron chi connectivity index (χ2n) is 10.8. The number of aromatic nitrogens is 2. The maximum atomic E-state index is 13.3. The van der Waals surface area contributed by atoms with Crippen LogP contribution in [0.25, 0.3) is 21.1 Å². The molecule has 206 valence electrons. The first kappa shape index (κ1) is 26.5. The third-order valence-electron chi connectivity index (χ3n) is 7.98. The third-order valence-corrected chi connectivity index (χ3v) is 9.18. The Morgan fingerprint density at radius 1 is 1.05 bits per heavy atom. The van der Waals surface area contributed by atoms with Gasteiger partial charge in [0.15, 0.2) is 0 Å². The topological polar surface area (TPSA) is 59.4 Å². The van der Waals surface area contributed by atoms with Crippen LogP contribution in [0.4, 0.5) is 0 Å². The highest BCUT2D eigenvalue weighted by molar-refractivity contribution is 7.18. The number of benzene rings is 3. The van der Waals surface area contributed by atoms with Crippen molar-refractivity contribution in [2.45, 2.75) is 45.2 Å². The van der Waals surface area contributed by atoms with E-state index in [0.29, 0.717) is 18.0 Å². The van der Waals surface area contributed by atoms with Crippen molar-refractivity contribution in [3.8, 4) is 5.75 Å². The van der Waals surface area contributed by atoms with E-state index < -0.39 is 0 Å². The molecule has 6 nitrogen and oxygen atoms in total. The number of nitrogens with one attached hydrogen (secondary N) is 1. The molecular weight excluding hydrogens is 516 g/mol. The van der Waals surface area contributed by atoms with E-state index in [1.807, 2.05) is 47.9 Å². The van der Waals surface area contributed by atoms with E-state index in [9.17, 15) is 4.79 Å². The zero-order valence-electron chi connectivity index (χ0n) is 23.2. The standard InChI is InChI=1S/C33H36N4O2S/c1-23-8-5-9-24(20-23)21-34-32(38)27-22-37(31-26(27)10-6-12-29(31)39-2)17-7-16-36-18-14-25(15-19-36)33-35-28-11-3-4-13-30(28)40-33/h3-6,8-13,20,22,25H,7,14-19,21H2,1-2H3,(H,34,38). The Morgan fingerprint density at radius 2 is 1.88 bits per heavy atom. The molecule has 0 bridgehead atoms. The number of piperidine rings is 1. The van der Waals surface area contributed by atoms with Gasteiger partial charge in [0.05, 0.1) is 33.4 Å². The number of thiazole rings is 1. The van der Waals surface area contributed by atoms with Crippen LogP contribution >= 0.6 is 11.3 Å². The van der Waals surface area contributed by atoms with Crippen LogP contribution in [0.3, 0.4) is 0 Å². The molecule has 1 aliphatic heterocycles. The number of methoxy groups -OCH3 is 1. The van der Waals surface area contributed by atoms with Crippen LogP contribution in [0.2, 0.25) is 0 Å². The predicted molar refractivity (Wildman–Crippen MR) is 163 cm³/mol. The molecular formula is C33H36N4O2S. The summed E-state index contributed by atoms with van der Waals surface area (Å²) in [6.07, 6.45) is 5.33. The van der Waals surface area contributed by atoms with Gasteiger partial charge in [-0.25, -0.2) is 4.98 Å². The van der Waals surface area contributed by atoms with Gasteiger partial charge in [0.1, 0.15) is 5.75 Å². The molecule has 0 unspecified atom stereocenters. The number of hydrogen-bond donors (Lipinski definition) is 1. The Bertz CT molecular complexity index is 1600. The molecule has 1 N–H and O–H groups in total. The lowest BCUT2D eigenvalue weighted by Gasteiger charge is -2.31.